The first-order valence-corrected chi connectivity index (χ1v) is 36.3. The van der Waals surface area contributed by atoms with E-state index in [0.717, 1.165) is 38.5 Å². The van der Waals surface area contributed by atoms with Gasteiger partial charge in [-0.15, -0.1) is 0 Å². The van der Waals surface area contributed by atoms with Gasteiger partial charge in [-0.2, -0.15) is 0 Å². The topological polar surface area (TPSA) is 95.9 Å². The Morgan fingerprint density at radius 3 is 0.782 bits per heavy atom. The molecule has 3 N–H and O–H groups in total. The summed E-state index contributed by atoms with van der Waals surface area (Å²) in [5, 5.41) is 23.5. The number of unbranched alkanes of at least 4 members (excludes halogenated alkanes) is 58. The minimum atomic E-state index is -0.663. The zero-order valence-electron chi connectivity index (χ0n) is 53.4. The van der Waals surface area contributed by atoms with Crippen molar-refractivity contribution < 1.29 is 24.5 Å². The molecule has 0 heterocycles. The number of carbonyl (C=O) groups is 2. The van der Waals surface area contributed by atoms with Crippen molar-refractivity contribution in [2.24, 2.45) is 0 Å². The fourth-order valence-corrected chi connectivity index (χ4v) is 11.9. The van der Waals surface area contributed by atoms with Crippen molar-refractivity contribution in [3.63, 3.8) is 0 Å². The summed E-state index contributed by atoms with van der Waals surface area (Å²) in [5.41, 5.74) is 0. The minimum absolute atomic E-state index is 0.0184. The SMILES string of the molecule is CCCCCCCCCCCCCCCCCCCCCCCCCCC(O)C(CO)NC(=O)CCCCCCCCCCCCCCCCCCCCCCCCCCCCOC(=O)CCCCCCCCCCCCC. The van der Waals surface area contributed by atoms with Crippen LogP contribution in [0.1, 0.15) is 425 Å². The Bertz CT molecular complexity index is 1130. The largest absolute Gasteiger partial charge is 0.466 e. The van der Waals surface area contributed by atoms with Crippen LogP contribution >= 0.6 is 0 Å². The van der Waals surface area contributed by atoms with E-state index >= 15 is 0 Å². The lowest BCUT2D eigenvalue weighted by atomic mass is 10.0. The van der Waals surface area contributed by atoms with Gasteiger partial charge in [0.25, 0.3) is 0 Å². The van der Waals surface area contributed by atoms with Gasteiger partial charge < -0.3 is 20.3 Å². The predicted molar refractivity (Wildman–Crippen MR) is 343 cm³/mol. The van der Waals surface area contributed by atoms with Crippen LogP contribution in [0.4, 0.5) is 0 Å². The summed E-state index contributed by atoms with van der Waals surface area (Å²) in [5.74, 6) is -0.00825. The monoisotopic (exact) mass is 1100 g/mol. The first-order valence-electron chi connectivity index (χ1n) is 36.3. The fraction of sp³-hybridized carbons (Fsp3) is 0.972. The fourth-order valence-electron chi connectivity index (χ4n) is 11.9. The van der Waals surface area contributed by atoms with Gasteiger partial charge in [0.15, 0.2) is 0 Å². The molecule has 0 spiro atoms. The maximum atomic E-state index is 12.6. The highest BCUT2D eigenvalue weighted by Gasteiger charge is 2.20. The molecule has 6 nitrogen and oxygen atoms in total. The molecule has 78 heavy (non-hydrogen) atoms. The third kappa shape index (κ3) is 64.0. The number of nitrogens with one attached hydrogen (secondary N) is 1. The molecular formula is C72H143NO5. The molecule has 0 saturated carbocycles. The normalized spacial score (nSPS) is 12.4. The molecular weight excluding hydrogens is 959 g/mol. The molecule has 6 heteroatoms. The van der Waals surface area contributed by atoms with Gasteiger partial charge in [-0.1, -0.05) is 386 Å². The summed E-state index contributed by atoms with van der Waals surface area (Å²) >= 11 is 0. The molecule has 2 unspecified atom stereocenters. The summed E-state index contributed by atoms with van der Waals surface area (Å²) in [4.78, 5) is 24.6. The second-order valence-electron chi connectivity index (χ2n) is 25.3. The second-order valence-corrected chi connectivity index (χ2v) is 25.3. The average molecular weight is 1100 g/mol. The quantitative estimate of drug-likeness (QED) is 0.0417. The van der Waals surface area contributed by atoms with Gasteiger partial charge >= 0.3 is 5.97 Å². The molecule has 0 aromatic carbocycles. The number of carbonyl (C=O) groups excluding carboxylic acids is 2. The maximum Gasteiger partial charge on any atom is 0.305 e. The first kappa shape index (κ1) is 76.9. The highest BCUT2D eigenvalue weighted by atomic mass is 16.5. The Morgan fingerprint density at radius 1 is 0.308 bits per heavy atom. The van der Waals surface area contributed by atoms with E-state index in [0.29, 0.717) is 25.9 Å². The van der Waals surface area contributed by atoms with Crippen LogP contribution in [0.15, 0.2) is 0 Å². The molecule has 0 bridgehead atoms. The highest BCUT2D eigenvalue weighted by Crippen LogP contribution is 2.20. The lowest BCUT2D eigenvalue weighted by Crippen LogP contribution is -2.45. The third-order valence-corrected chi connectivity index (χ3v) is 17.4. The van der Waals surface area contributed by atoms with Crippen LogP contribution in [0, 0.1) is 0 Å². The van der Waals surface area contributed by atoms with E-state index in [1.807, 2.05) is 0 Å². The van der Waals surface area contributed by atoms with E-state index in [2.05, 4.69) is 19.2 Å². The van der Waals surface area contributed by atoms with E-state index in [4.69, 9.17) is 4.74 Å². The number of hydrogen-bond acceptors (Lipinski definition) is 5. The Labute approximate surface area is 489 Å². The maximum absolute atomic E-state index is 12.6. The van der Waals surface area contributed by atoms with Crippen molar-refractivity contribution in [2.75, 3.05) is 13.2 Å². The molecule has 0 aromatic rings. The van der Waals surface area contributed by atoms with Gasteiger partial charge in [0.2, 0.25) is 5.91 Å². The molecule has 0 aromatic heterocycles. The zero-order valence-corrected chi connectivity index (χ0v) is 53.4. The van der Waals surface area contributed by atoms with Crippen molar-refractivity contribution in [2.45, 2.75) is 437 Å². The smallest absolute Gasteiger partial charge is 0.305 e. The Morgan fingerprint density at radius 2 is 0.526 bits per heavy atom. The Balaban J connectivity index is 3.35. The van der Waals surface area contributed by atoms with Crippen molar-refractivity contribution in [1.29, 1.82) is 0 Å². The van der Waals surface area contributed by atoms with Crippen LogP contribution in [0.5, 0.6) is 0 Å². The average Bonchev–Trinajstić information content (AvgIpc) is 3.44. The summed E-state index contributed by atoms with van der Waals surface area (Å²) in [6, 6.07) is -0.540. The van der Waals surface area contributed by atoms with Crippen molar-refractivity contribution in [1.82, 2.24) is 5.32 Å². The number of aliphatic hydroxyl groups excluding tert-OH is 2. The van der Waals surface area contributed by atoms with Gasteiger partial charge in [0.1, 0.15) is 0 Å². The zero-order chi connectivity index (χ0) is 56.4. The molecule has 0 aliphatic heterocycles. The van der Waals surface area contributed by atoms with E-state index < -0.39 is 12.1 Å². The van der Waals surface area contributed by atoms with Gasteiger partial charge in [-0.3, -0.25) is 9.59 Å². The Hall–Kier alpha value is -1.14. The lowest BCUT2D eigenvalue weighted by Gasteiger charge is -2.22. The van der Waals surface area contributed by atoms with Gasteiger partial charge in [-0.25, -0.2) is 0 Å². The van der Waals surface area contributed by atoms with Crippen LogP contribution < -0.4 is 5.32 Å². The molecule has 2 atom stereocenters. The molecule has 0 rings (SSSR count). The molecule has 0 saturated heterocycles. The predicted octanol–water partition coefficient (Wildman–Crippen LogP) is 23.4. The highest BCUT2D eigenvalue weighted by molar-refractivity contribution is 5.76. The van der Waals surface area contributed by atoms with E-state index in [1.165, 1.54) is 353 Å². The number of rotatable bonds is 69. The van der Waals surface area contributed by atoms with Crippen LogP contribution in [0.3, 0.4) is 0 Å². The summed E-state index contributed by atoms with van der Waals surface area (Å²) in [6.07, 6.45) is 83.0. The summed E-state index contributed by atoms with van der Waals surface area (Å²) in [6.45, 7) is 5.00. The molecule has 0 radical (unpaired) electrons. The van der Waals surface area contributed by atoms with Gasteiger partial charge in [-0.05, 0) is 25.7 Å². The van der Waals surface area contributed by atoms with Crippen LogP contribution in [0.2, 0.25) is 0 Å². The van der Waals surface area contributed by atoms with Crippen LogP contribution in [-0.2, 0) is 14.3 Å². The lowest BCUT2D eigenvalue weighted by molar-refractivity contribution is -0.143. The molecule has 0 fully saturated rings. The first-order chi connectivity index (χ1) is 38.5. The van der Waals surface area contributed by atoms with E-state index in [9.17, 15) is 19.8 Å². The van der Waals surface area contributed by atoms with Crippen LogP contribution in [-0.4, -0.2) is 47.4 Å². The number of amides is 1. The second kappa shape index (κ2) is 68.4. The Kier molecular flexibility index (Phi) is 67.4. The number of esters is 1. The van der Waals surface area contributed by atoms with Gasteiger partial charge in [0.05, 0.1) is 25.4 Å². The molecule has 1 amide bonds. The standard InChI is InChI=1S/C72H143NO5/c1-3-5-7-9-11-13-15-16-17-18-19-20-21-26-29-32-35-38-41-45-48-52-56-60-64-70(75)69(68-74)73-71(76)65-61-57-53-49-46-42-39-36-33-30-27-24-22-23-25-28-31-34-37-40-43-47-51-55-59-63-67-78-72(77)66-62-58-54-50-44-14-12-10-8-6-4-2/h69-70,74-75H,3-68H2,1-2H3,(H,73,76). The summed E-state index contributed by atoms with van der Waals surface area (Å²) < 4.78 is 5.48. The van der Waals surface area contributed by atoms with Crippen molar-refractivity contribution in [3.05, 3.63) is 0 Å². The molecule has 466 valence electrons. The number of ether oxygens (including phenoxy) is 1. The number of aliphatic hydroxyl groups is 2. The van der Waals surface area contributed by atoms with E-state index in [-0.39, 0.29) is 18.5 Å². The van der Waals surface area contributed by atoms with E-state index in [1.54, 1.807) is 0 Å². The summed E-state index contributed by atoms with van der Waals surface area (Å²) in [7, 11) is 0. The minimum Gasteiger partial charge on any atom is -0.466 e. The van der Waals surface area contributed by atoms with Crippen LogP contribution in [0.25, 0.3) is 0 Å². The number of hydrogen-bond donors (Lipinski definition) is 3. The third-order valence-electron chi connectivity index (χ3n) is 17.4. The van der Waals surface area contributed by atoms with Gasteiger partial charge in [0, 0.05) is 12.8 Å². The van der Waals surface area contributed by atoms with Crippen molar-refractivity contribution in [3.8, 4) is 0 Å². The molecule has 0 aliphatic carbocycles. The molecule has 0 aliphatic rings. The van der Waals surface area contributed by atoms with Crippen molar-refractivity contribution >= 4 is 11.9 Å².